The first-order valence-corrected chi connectivity index (χ1v) is 9.52. The number of carbonyl (C=O) groups is 2. The Labute approximate surface area is 165 Å². The average Bonchev–Trinajstić information content (AvgIpc) is 2.99. The van der Waals surface area contributed by atoms with Crippen LogP contribution in [0.15, 0.2) is 54.7 Å². The second kappa shape index (κ2) is 8.74. The van der Waals surface area contributed by atoms with E-state index in [1.807, 2.05) is 50.4 Å². The predicted molar refractivity (Wildman–Crippen MR) is 110 cm³/mol. The molecular weight excluding hydrogens is 352 g/mol. The number of aromatic nitrogens is 1. The predicted octanol–water partition coefficient (Wildman–Crippen LogP) is 3.48. The molecule has 0 radical (unpaired) electrons. The lowest BCUT2D eigenvalue weighted by Gasteiger charge is -2.14. The van der Waals surface area contributed by atoms with Gasteiger partial charge in [-0.3, -0.25) is 9.59 Å². The number of fused-ring (bicyclic) bond motifs is 1. The molecule has 5 heteroatoms. The molecule has 0 fully saturated rings. The monoisotopic (exact) mass is 378 g/mol. The van der Waals surface area contributed by atoms with Crippen molar-refractivity contribution in [3.05, 3.63) is 71.4 Å². The van der Waals surface area contributed by atoms with Gasteiger partial charge < -0.3 is 15.0 Å². The summed E-state index contributed by atoms with van der Waals surface area (Å²) < 4.78 is 2.06. The van der Waals surface area contributed by atoms with Gasteiger partial charge in [-0.1, -0.05) is 48.0 Å². The Balaban J connectivity index is 1.55. The van der Waals surface area contributed by atoms with Crippen molar-refractivity contribution in [3.8, 4) is 0 Å². The zero-order valence-corrected chi connectivity index (χ0v) is 16.3. The number of amides is 1. The van der Waals surface area contributed by atoms with E-state index in [0.717, 1.165) is 27.6 Å². The van der Waals surface area contributed by atoms with Crippen molar-refractivity contribution in [3.63, 3.8) is 0 Å². The van der Waals surface area contributed by atoms with Crippen LogP contribution in [-0.4, -0.2) is 28.1 Å². The van der Waals surface area contributed by atoms with Gasteiger partial charge >= 0.3 is 5.97 Å². The van der Waals surface area contributed by atoms with Crippen molar-refractivity contribution in [1.82, 2.24) is 9.88 Å². The van der Waals surface area contributed by atoms with E-state index in [-0.39, 0.29) is 12.5 Å². The first-order chi connectivity index (χ1) is 13.4. The molecule has 3 aromatic rings. The van der Waals surface area contributed by atoms with E-state index in [9.17, 15) is 14.7 Å². The van der Waals surface area contributed by atoms with Crippen LogP contribution in [0.2, 0.25) is 0 Å². The fourth-order valence-electron chi connectivity index (χ4n) is 3.57. The molecule has 1 amide bonds. The van der Waals surface area contributed by atoms with Gasteiger partial charge in [0.25, 0.3) is 0 Å². The number of nitrogens with zero attached hydrogens (tertiary/aromatic N) is 1. The van der Waals surface area contributed by atoms with Gasteiger partial charge in [-0.2, -0.15) is 0 Å². The van der Waals surface area contributed by atoms with Crippen molar-refractivity contribution in [2.75, 3.05) is 6.54 Å². The number of hydrogen-bond acceptors (Lipinski definition) is 2. The van der Waals surface area contributed by atoms with Crippen molar-refractivity contribution < 1.29 is 14.7 Å². The molecule has 1 heterocycles. The number of aliphatic carboxylic acids is 1. The van der Waals surface area contributed by atoms with Crippen molar-refractivity contribution in [2.45, 2.75) is 26.2 Å². The van der Waals surface area contributed by atoms with E-state index < -0.39 is 11.9 Å². The molecule has 5 nitrogen and oxygen atoms in total. The number of carbonyl (C=O) groups excluding carboxylic acids is 1. The second-order valence-electron chi connectivity index (χ2n) is 7.31. The number of aryl methyl sites for hydroxylation is 3. The molecule has 2 aromatic carbocycles. The maximum Gasteiger partial charge on any atom is 0.308 e. The Hall–Kier alpha value is -3.08. The maximum atomic E-state index is 12.3. The standard InChI is InChI=1S/C23H26N2O3/c1-16-6-5-7-17(12-16)13-19(23(27)28)14-24-22(26)11-10-18-15-25(2)21-9-4-3-8-20(18)21/h3-9,12,15,19H,10-11,13-14H2,1-2H3,(H,24,26)(H,27,28). The highest BCUT2D eigenvalue weighted by molar-refractivity contribution is 5.85. The highest BCUT2D eigenvalue weighted by Gasteiger charge is 2.19. The summed E-state index contributed by atoms with van der Waals surface area (Å²) in [4.78, 5) is 23.9. The molecule has 28 heavy (non-hydrogen) atoms. The summed E-state index contributed by atoms with van der Waals surface area (Å²) in [7, 11) is 1.99. The minimum absolute atomic E-state index is 0.122. The van der Waals surface area contributed by atoms with Gasteiger partial charge in [-0.15, -0.1) is 0 Å². The zero-order chi connectivity index (χ0) is 20.1. The Morgan fingerprint density at radius 1 is 1.14 bits per heavy atom. The lowest BCUT2D eigenvalue weighted by molar-refractivity contribution is -0.141. The zero-order valence-electron chi connectivity index (χ0n) is 16.3. The van der Waals surface area contributed by atoms with E-state index in [4.69, 9.17) is 0 Å². The number of nitrogens with one attached hydrogen (secondary N) is 1. The Kier molecular flexibility index (Phi) is 6.14. The lowest BCUT2D eigenvalue weighted by Crippen LogP contribution is -2.34. The molecule has 0 saturated heterocycles. The number of rotatable bonds is 8. The first-order valence-electron chi connectivity index (χ1n) is 9.52. The van der Waals surface area contributed by atoms with Gasteiger partial charge in [-0.05, 0) is 37.0 Å². The van der Waals surface area contributed by atoms with E-state index >= 15 is 0 Å². The number of para-hydroxylation sites is 1. The summed E-state index contributed by atoms with van der Waals surface area (Å²) in [5.74, 6) is -1.65. The van der Waals surface area contributed by atoms with Crippen LogP contribution < -0.4 is 5.32 Å². The van der Waals surface area contributed by atoms with Gasteiger partial charge in [0.05, 0.1) is 5.92 Å². The molecule has 0 spiro atoms. The van der Waals surface area contributed by atoms with Crippen LogP contribution >= 0.6 is 0 Å². The number of carboxylic acids is 1. The van der Waals surface area contributed by atoms with Crippen LogP contribution in [0.25, 0.3) is 10.9 Å². The summed E-state index contributed by atoms with van der Waals surface area (Å²) in [6, 6.07) is 15.9. The fourth-order valence-corrected chi connectivity index (χ4v) is 3.57. The van der Waals surface area contributed by atoms with E-state index in [1.165, 1.54) is 0 Å². The summed E-state index contributed by atoms with van der Waals surface area (Å²) in [6.07, 6.45) is 3.42. The normalized spacial score (nSPS) is 12.1. The van der Waals surface area contributed by atoms with Crippen molar-refractivity contribution in [2.24, 2.45) is 13.0 Å². The summed E-state index contributed by atoms with van der Waals surface area (Å²) in [6.45, 7) is 2.12. The summed E-state index contributed by atoms with van der Waals surface area (Å²) >= 11 is 0. The van der Waals surface area contributed by atoms with Gasteiger partial charge in [0.1, 0.15) is 0 Å². The highest BCUT2D eigenvalue weighted by Crippen LogP contribution is 2.21. The van der Waals surface area contributed by atoms with Crippen molar-refractivity contribution >= 4 is 22.8 Å². The van der Waals surface area contributed by atoms with Crippen LogP contribution in [0, 0.1) is 12.8 Å². The third kappa shape index (κ3) is 4.80. The molecule has 0 aliphatic rings. The number of benzene rings is 2. The van der Waals surface area contributed by atoms with E-state index in [2.05, 4.69) is 28.2 Å². The van der Waals surface area contributed by atoms with E-state index in [0.29, 0.717) is 19.3 Å². The molecule has 0 aliphatic heterocycles. The molecule has 1 atom stereocenters. The van der Waals surface area contributed by atoms with Crippen LogP contribution in [0.4, 0.5) is 0 Å². The molecular formula is C23H26N2O3. The molecule has 1 unspecified atom stereocenters. The van der Waals surface area contributed by atoms with Crippen LogP contribution in [0.5, 0.6) is 0 Å². The summed E-state index contributed by atoms with van der Waals surface area (Å²) in [5.41, 5.74) is 4.34. The second-order valence-corrected chi connectivity index (χ2v) is 7.31. The topological polar surface area (TPSA) is 71.3 Å². The number of hydrogen-bond donors (Lipinski definition) is 2. The highest BCUT2D eigenvalue weighted by atomic mass is 16.4. The molecule has 0 saturated carbocycles. The van der Waals surface area contributed by atoms with Crippen LogP contribution in [-0.2, 0) is 29.5 Å². The SMILES string of the molecule is Cc1cccc(CC(CNC(=O)CCc2cn(C)c3ccccc23)C(=O)O)c1. The van der Waals surface area contributed by atoms with E-state index in [1.54, 1.807) is 0 Å². The molecule has 0 aliphatic carbocycles. The Morgan fingerprint density at radius 2 is 1.93 bits per heavy atom. The Morgan fingerprint density at radius 3 is 2.68 bits per heavy atom. The smallest absolute Gasteiger partial charge is 0.308 e. The minimum atomic E-state index is -0.893. The quantitative estimate of drug-likeness (QED) is 0.630. The van der Waals surface area contributed by atoms with Gasteiger partial charge in [0.2, 0.25) is 5.91 Å². The largest absolute Gasteiger partial charge is 0.481 e. The number of carboxylic acid groups (broad SMARTS) is 1. The van der Waals surface area contributed by atoms with Gasteiger partial charge in [0.15, 0.2) is 0 Å². The maximum absolute atomic E-state index is 12.3. The third-order valence-electron chi connectivity index (χ3n) is 5.06. The molecule has 2 N–H and O–H groups in total. The molecule has 3 rings (SSSR count). The van der Waals surface area contributed by atoms with Crippen LogP contribution in [0.1, 0.15) is 23.1 Å². The average molecular weight is 378 g/mol. The molecule has 0 bridgehead atoms. The minimum Gasteiger partial charge on any atom is -0.481 e. The first kappa shape index (κ1) is 19.7. The van der Waals surface area contributed by atoms with Gasteiger partial charge in [0, 0.05) is 37.1 Å². The third-order valence-corrected chi connectivity index (χ3v) is 5.06. The fraction of sp³-hybridized carbons (Fsp3) is 0.304. The lowest BCUT2D eigenvalue weighted by atomic mass is 9.98. The Bertz CT molecular complexity index is 990. The van der Waals surface area contributed by atoms with Gasteiger partial charge in [-0.25, -0.2) is 0 Å². The molecule has 1 aromatic heterocycles. The summed E-state index contributed by atoms with van der Waals surface area (Å²) in [5, 5.41) is 13.4. The van der Waals surface area contributed by atoms with Crippen molar-refractivity contribution in [1.29, 1.82) is 0 Å². The molecule has 146 valence electrons. The van der Waals surface area contributed by atoms with Crippen LogP contribution in [0.3, 0.4) is 0 Å².